The molecule has 1 aromatic heterocycles. The molecule has 5 heteroatoms. The Balaban J connectivity index is 2.08. The molecule has 0 aromatic carbocycles. The second-order valence-corrected chi connectivity index (χ2v) is 5.76. The third-order valence-corrected chi connectivity index (χ3v) is 2.97. The van der Waals surface area contributed by atoms with Crippen LogP contribution in [0.3, 0.4) is 0 Å². The van der Waals surface area contributed by atoms with Crippen molar-refractivity contribution in [1.82, 2.24) is 9.88 Å². The Morgan fingerprint density at radius 2 is 2.21 bits per heavy atom. The van der Waals surface area contributed by atoms with Crippen LogP contribution < -0.4 is 5.73 Å². The summed E-state index contributed by atoms with van der Waals surface area (Å²) >= 11 is 0. The summed E-state index contributed by atoms with van der Waals surface area (Å²) in [5.41, 5.74) is 8.14. The molecule has 1 aromatic rings. The lowest BCUT2D eigenvalue weighted by molar-refractivity contribution is 0.0222. The molecular weight excluding hydrogens is 242 g/mol. The number of carbonyl (C=O) groups excluding carboxylic acids is 1. The Morgan fingerprint density at radius 3 is 2.84 bits per heavy atom. The third-order valence-electron chi connectivity index (χ3n) is 2.97. The number of nitrogens with two attached hydrogens (primary N) is 1. The van der Waals surface area contributed by atoms with E-state index < -0.39 is 5.60 Å². The molecule has 1 aliphatic heterocycles. The fourth-order valence-electron chi connectivity index (χ4n) is 2.06. The van der Waals surface area contributed by atoms with E-state index in [0.717, 1.165) is 23.4 Å². The van der Waals surface area contributed by atoms with Crippen LogP contribution in [-0.4, -0.2) is 28.1 Å². The van der Waals surface area contributed by atoms with Crippen LogP contribution in [0, 0.1) is 0 Å². The van der Waals surface area contributed by atoms with Crippen LogP contribution in [0.1, 0.15) is 37.7 Å². The molecule has 2 N–H and O–H groups in total. The van der Waals surface area contributed by atoms with Crippen molar-refractivity contribution in [3.8, 4) is 0 Å². The van der Waals surface area contributed by atoms with Gasteiger partial charge in [0.15, 0.2) is 0 Å². The van der Waals surface area contributed by atoms with E-state index in [1.807, 2.05) is 32.9 Å². The van der Waals surface area contributed by atoms with Crippen molar-refractivity contribution in [2.24, 2.45) is 5.73 Å². The maximum Gasteiger partial charge on any atom is 0.410 e. The average molecular weight is 263 g/mol. The number of hydrogen-bond donors (Lipinski definition) is 1. The molecule has 1 aliphatic rings. The lowest BCUT2D eigenvalue weighted by Gasteiger charge is -2.30. The molecule has 0 saturated carbocycles. The first-order valence-corrected chi connectivity index (χ1v) is 6.55. The third kappa shape index (κ3) is 3.44. The van der Waals surface area contributed by atoms with Gasteiger partial charge in [-0.1, -0.05) is 6.07 Å². The molecule has 104 valence electrons. The van der Waals surface area contributed by atoms with Gasteiger partial charge in [-0.2, -0.15) is 0 Å². The van der Waals surface area contributed by atoms with Crippen LogP contribution in [-0.2, 0) is 24.2 Å². The Kier molecular flexibility index (Phi) is 3.75. The number of pyridine rings is 1. The van der Waals surface area contributed by atoms with E-state index >= 15 is 0 Å². The van der Waals surface area contributed by atoms with Gasteiger partial charge in [-0.05, 0) is 32.4 Å². The lowest BCUT2D eigenvalue weighted by Crippen LogP contribution is -2.40. The minimum Gasteiger partial charge on any atom is -0.444 e. The molecule has 0 fully saturated rings. The van der Waals surface area contributed by atoms with Crippen molar-refractivity contribution < 1.29 is 9.53 Å². The molecule has 2 rings (SSSR count). The second kappa shape index (κ2) is 5.17. The summed E-state index contributed by atoms with van der Waals surface area (Å²) in [4.78, 5) is 18.2. The number of hydrogen-bond acceptors (Lipinski definition) is 4. The van der Waals surface area contributed by atoms with Gasteiger partial charge in [0.2, 0.25) is 0 Å². The normalized spacial score (nSPS) is 15.1. The highest BCUT2D eigenvalue weighted by molar-refractivity contribution is 5.68. The van der Waals surface area contributed by atoms with E-state index in [0.29, 0.717) is 19.6 Å². The summed E-state index contributed by atoms with van der Waals surface area (Å²) in [6, 6.07) is 3.92. The minimum absolute atomic E-state index is 0.263. The first-order chi connectivity index (χ1) is 8.89. The topological polar surface area (TPSA) is 68.5 Å². The Bertz CT molecular complexity index is 480. The van der Waals surface area contributed by atoms with Crippen molar-refractivity contribution in [3.05, 3.63) is 29.1 Å². The second-order valence-electron chi connectivity index (χ2n) is 5.76. The fraction of sp³-hybridized carbons (Fsp3) is 0.571. The molecule has 0 spiro atoms. The van der Waals surface area contributed by atoms with Crippen molar-refractivity contribution in [3.63, 3.8) is 0 Å². The number of carbonyl (C=O) groups is 1. The molecule has 0 atom stereocenters. The van der Waals surface area contributed by atoms with Gasteiger partial charge < -0.3 is 15.4 Å². The highest BCUT2D eigenvalue weighted by Gasteiger charge is 2.26. The number of nitrogens with zero attached hydrogens (tertiary/aromatic N) is 2. The van der Waals surface area contributed by atoms with Crippen molar-refractivity contribution >= 4 is 6.09 Å². The number of rotatable bonds is 1. The van der Waals surface area contributed by atoms with Crippen molar-refractivity contribution in [2.75, 3.05) is 6.54 Å². The molecule has 0 aliphatic carbocycles. The molecule has 19 heavy (non-hydrogen) atoms. The summed E-state index contributed by atoms with van der Waals surface area (Å²) in [6.07, 6.45) is 0.489. The maximum atomic E-state index is 12.0. The van der Waals surface area contributed by atoms with E-state index in [1.54, 1.807) is 4.90 Å². The zero-order valence-corrected chi connectivity index (χ0v) is 11.8. The van der Waals surface area contributed by atoms with Crippen LogP contribution in [0.2, 0.25) is 0 Å². The molecule has 5 nitrogen and oxygen atoms in total. The maximum absolute atomic E-state index is 12.0. The Morgan fingerprint density at radius 1 is 1.47 bits per heavy atom. The summed E-state index contributed by atoms with van der Waals surface area (Å²) in [7, 11) is 0. The minimum atomic E-state index is -0.459. The van der Waals surface area contributed by atoms with Gasteiger partial charge in [0.25, 0.3) is 0 Å². The van der Waals surface area contributed by atoms with Gasteiger partial charge in [0.05, 0.1) is 12.2 Å². The van der Waals surface area contributed by atoms with Crippen LogP contribution in [0.15, 0.2) is 12.1 Å². The molecule has 0 bridgehead atoms. The number of aromatic nitrogens is 1. The van der Waals surface area contributed by atoms with Crippen molar-refractivity contribution in [1.29, 1.82) is 0 Å². The van der Waals surface area contributed by atoms with E-state index in [-0.39, 0.29) is 6.09 Å². The summed E-state index contributed by atoms with van der Waals surface area (Å²) in [5, 5.41) is 0. The van der Waals surface area contributed by atoms with Gasteiger partial charge >= 0.3 is 6.09 Å². The predicted octanol–water partition coefficient (Wildman–Crippen LogP) is 1.83. The standard InChI is InChI=1S/C14H21N3O2/c1-14(2,3)19-13(18)17-7-6-12-10(9-17)4-5-11(8-15)16-12/h4-5H,6-9,15H2,1-3H3. The fourth-order valence-corrected chi connectivity index (χ4v) is 2.06. The van der Waals surface area contributed by atoms with Crippen LogP contribution in [0.5, 0.6) is 0 Å². The zero-order valence-electron chi connectivity index (χ0n) is 11.8. The molecule has 2 heterocycles. The van der Waals surface area contributed by atoms with Gasteiger partial charge in [-0.3, -0.25) is 4.98 Å². The monoisotopic (exact) mass is 263 g/mol. The largest absolute Gasteiger partial charge is 0.444 e. The molecule has 0 unspecified atom stereocenters. The smallest absolute Gasteiger partial charge is 0.410 e. The van der Waals surface area contributed by atoms with Crippen molar-refractivity contribution in [2.45, 2.75) is 45.9 Å². The average Bonchev–Trinajstić information content (AvgIpc) is 2.35. The number of ether oxygens (including phenoxy) is 1. The SMILES string of the molecule is CC(C)(C)OC(=O)N1CCc2nc(CN)ccc2C1. The molecule has 0 saturated heterocycles. The molecular formula is C14H21N3O2. The van der Waals surface area contributed by atoms with Gasteiger partial charge in [0, 0.05) is 25.2 Å². The highest BCUT2D eigenvalue weighted by Crippen LogP contribution is 2.20. The van der Waals surface area contributed by atoms with E-state index in [4.69, 9.17) is 10.5 Å². The zero-order chi connectivity index (χ0) is 14.0. The van der Waals surface area contributed by atoms with E-state index in [1.165, 1.54) is 0 Å². The number of amides is 1. The van der Waals surface area contributed by atoms with E-state index in [2.05, 4.69) is 4.98 Å². The van der Waals surface area contributed by atoms with Gasteiger partial charge in [-0.15, -0.1) is 0 Å². The summed E-state index contributed by atoms with van der Waals surface area (Å²) in [5.74, 6) is 0. The highest BCUT2D eigenvalue weighted by atomic mass is 16.6. The summed E-state index contributed by atoms with van der Waals surface area (Å²) in [6.45, 7) is 7.27. The quantitative estimate of drug-likeness (QED) is 0.839. The molecule has 0 radical (unpaired) electrons. The lowest BCUT2D eigenvalue weighted by atomic mass is 10.1. The molecule has 1 amide bonds. The first-order valence-electron chi connectivity index (χ1n) is 6.55. The predicted molar refractivity (Wildman–Crippen MR) is 72.5 cm³/mol. The number of fused-ring (bicyclic) bond motifs is 1. The van der Waals surface area contributed by atoms with E-state index in [9.17, 15) is 4.79 Å². The van der Waals surface area contributed by atoms with Gasteiger partial charge in [-0.25, -0.2) is 4.79 Å². The van der Waals surface area contributed by atoms with Crippen LogP contribution in [0.25, 0.3) is 0 Å². The van der Waals surface area contributed by atoms with Gasteiger partial charge in [0.1, 0.15) is 5.60 Å². The summed E-state index contributed by atoms with van der Waals surface area (Å²) < 4.78 is 5.38. The van der Waals surface area contributed by atoms with Crippen LogP contribution in [0.4, 0.5) is 4.79 Å². The first kappa shape index (κ1) is 13.8. The van der Waals surface area contributed by atoms with Crippen LogP contribution >= 0.6 is 0 Å². The Hall–Kier alpha value is -1.62. The Labute approximate surface area is 113 Å².